The Morgan fingerprint density at radius 1 is 1.24 bits per heavy atom. The predicted molar refractivity (Wildman–Crippen MR) is 119 cm³/mol. The smallest absolute Gasteiger partial charge is 0.260 e. The highest BCUT2D eigenvalue weighted by molar-refractivity contribution is 7.17. The molecule has 0 bridgehead atoms. The molecule has 0 saturated heterocycles. The molecule has 0 radical (unpaired) electrons. The number of nitrogens with zero attached hydrogens (tertiary/aromatic N) is 2. The van der Waals surface area contributed by atoms with E-state index in [4.69, 9.17) is 4.98 Å². The molecule has 1 aromatic carbocycles. The zero-order chi connectivity index (χ0) is 20.4. The third-order valence-corrected chi connectivity index (χ3v) is 6.74. The van der Waals surface area contributed by atoms with Crippen LogP contribution < -0.4 is 5.56 Å². The first-order valence-corrected chi connectivity index (χ1v) is 11.4. The molecule has 0 aliphatic heterocycles. The van der Waals surface area contributed by atoms with Crippen molar-refractivity contribution >= 4 is 21.6 Å². The fourth-order valence-corrected chi connectivity index (χ4v) is 5.42. The molecule has 1 aliphatic carbocycles. The Bertz CT molecular complexity index is 1030. The number of hydrogen-bond donors (Lipinski definition) is 2. The van der Waals surface area contributed by atoms with Gasteiger partial charge in [0.2, 0.25) is 0 Å². The molecule has 2 aromatic heterocycles. The number of rotatable bonds is 6. The van der Waals surface area contributed by atoms with Crippen LogP contribution in [-0.2, 0) is 6.54 Å². The number of aromatic nitrogens is 2. The molecule has 6 heteroatoms. The standard InChI is InChI=1S/C23H29N3O2S/c1-15-8-6-7-11-18(15)19-14-29-23-21(19)22(28)24-20(25-23)13-26(12-16(2)27)17-9-4-3-5-10-17/h6-8,11,14,16-17,27H,3-5,9-10,12-13H2,1-2H3,(H,24,25,28). The minimum absolute atomic E-state index is 0.0786. The normalized spacial score (nSPS) is 16.6. The van der Waals surface area contributed by atoms with E-state index >= 15 is 0 Å². The lowest BCUT2D eigenvalue weighted by Gasteiger charge is -2.34. The summed E-state index contributed by atoms with van der Waals surface area (Å²) in [6.07, 6.45) is 5.65. The fourth-order valence-electron chi connectivity index (χ4n) is 4.46. The molecule has 29 heavy (non-hydrogen) atoms. The van der Waals surface area contributed by atoms with Crippen LogP contribution in [0, 0.1) is 6.92 Å². The molecule has 4 rings (SSSR count). The molecule has 2 heterocycles. The Balaban J connectivity index is 1.66. The van der Waals surface area contributed by atoms with Crippen LogP contribution in [0.15, 0.2) is 34.4 Å². The molecule has 1 aliphatic rings. The average Bonchev–Trinajstić information content (AvgIpc) is 3.12. The second-order valence-corrected chi connectivity index (χ2v) is 9.09. The van der Waals surface area contributed by atoms with Crippen molar-refractivity contribution in [1.82, 2.24) is 14.9 Å². The van der Waals surface area contributed by atoms with Gasteiger partial charge in [0.25, 0.3) is 5.56 Å². The summed E-state index contributed by atoms with van der Waals surface area (Å²) in [6.45, 7) is 5.06. The zero-order valence-corrected chi connectivity index (χ0v) is 18.0. The molecule has 3 aromatic rings. The first-order chi connectivity index (χ1) is 14.0. The van der Waals surface area contributed by atoms with E-state index in [1.165, 1.54) is 30.6 Å². The van der Waals surface area contributed by atoms with Crippen molar-refractivity contribution in [3.63, 3.8) is 0 Å². The SMILES string of the molecule is Cc1ccccc1-c1csc2nc(CN(CC(C)O)C3CCCCC3)[nH]c(=O)c12. The van der Waals surface area contributed by atoms with E-state index in [1.807, 2.05) is 24.4 Å². The van der Waals surface area contributed by atoms with Crippen LogP contribution in [0.2, 0.25) is 0 Å². The van der Waals surface area contributed by atoms with E-state index in [1.54, 1.807) is 0 Å². The monoisotopic (exact) mass is 411 g/mol. The molecule has 0 amide bonds. The molecule has 0 spiro atoms. The minimum Gasteiger partial charge on any atom is -0.392 e. The topological polar surface area (TPSA) is 69.2 Å². The highest BCUT2D eigenvalue weighted by atomic mass is 32.1. The summed E-state index contributed by atoms with van der Waals surface area (Å²) in [6, 6.07) is 8.57. The molecule has 2 N–H and O–H groups in total. The molecular formula is C23H29N3O2S. The van der Waals surface area contributed by atoms with Crippen LogP contribution in [-0.4, -0.2) is 38.7 Å². The molecule has 1 atom stereocenters. The Morgan fingerprint density at radius 2 is 2.00 bits per heavy atom. The van der Waals surface area contributed by atoms with Crippen LogP contribution in [0.3, 0.4) is 0 Å². The van der Waals surface area contributed by atoms with Gasteiger partial charge in [-0.15, -0.1) is 11.3 Å². The Morgan fingerprint density at radius 3 is 2.72 bits per heavy atom. The number of nitrogens with one attached hydrogen (secondary N) is 1. The maximum Gasteiger partial charge on any atom is 0.260 e. The summed E-state index contributed by atoms with van der Waals surface area (Å²) < 4.78 is 0. The first-order valence-electron chi connectivity index (χ1n) is 10.5. The second kappa shape index (κ2) is 8.78. The van der Waals surface area contributed by atoms with Crippen molar-refractivity contribution in [3.05, 3.63) is 51.4 Å². The van der Waals surface area contributed by atoms with Crippen molar-refractivity contribution in [3.8, 4) is 11.1 Å². The van der Waals surface area contributed by atoms with E-state index in [9.17, 15) is 9.90 Å². The lowest BCUT2D eigenvalue weighted by Crippen LogP contribution is -2.41. The lowest BCUT2D eigenvalue weighted by molar-refractivity contribution is 0.0750. The largest absolute Gasteiger partial charge is 0.392 e. The molecule has 154 valence electrons. The van der Waals surface area contributed by atoms with Gasteiger partial charge in [0.15, 0.2) is 0 Å². The van der Waals surface area contributed by atoms with E-state index in [0.29, 0.717) is 30.3 Å². The van der Waals surface area contributed by atoms with Crippen molar-refractivity contribution in [2.45, 2.75) is 64.6 Å². The summed E-state index contributed by atoms with van der Waals surface area (Å²) >= 11 is 1.52. The Hall–Kier alpha value is -2.02. The van der Waals surface area contributed by atoms with Gasteiger partial charge >= 0.3 is 0 Å². The predicted octanol–water partition coefficient (Wildman–Crippen LogP) is 4.48. The van der Waals surface area contributed by atoms with Crippen molar-refractivity contribution < 1.29 is 5.11 Å². The third kappa shape index (κ3) is 4.44. The van der Waals surface area contributed by atoms with Crippen LogP contribution in [0.25, 0.3) is 21.3 Å². The number of thiophene rings is 1. The number of fused-ring (bicyclic) bond motifs is 1. The lowest BCUT2D eigenvalue weighted by atomic mass is 9.94. The maximum atomic E-state index is 13.0. The van der Waals surface area contributed by atoms with Gasteiger partial charge in [-0.05, 0) is 37.8 Å². The Kier molecular flexibility index (Phi) is 6.13. The van der Waals surface area contributed by atoms with Gasteiger partial charge in [0.1, 0.15) is 10.7 Å². The number of benzene rings is 1. The van der Waals surface area contributed by atoms with Gasteiger partial charge in [0, 0.05) is 23.5 Å². The van der Waals surface area contributed by atoms with Crippen LogP contribution >= 0.6 is 11.3 Å². The number of hydrogen-bond acceptors (Lipinski definition) is 5. The van der Waals surface area contributed by atoms with Crippen molar-refractivity contribution in [2.24, 2.45) is 0 Å². The van der Waals surface area contributed by atoms with Gasteiger partial charge in [0.05, 0.1) is 18.0 Å². The van der Waals surface area contributed by atoms with Crippen molar-refractivity contribution in [1.29, 1.82) is 0 Å². The fraction of sp³-hybridized carbons (Fsp3) is 0.478. The van der Waals surface area contributed by atoms with E-state index in [-0.39, 0.29) is 5.56 Å². The van der Waals surface area contributed by atoms with Crippen LogP contribution in [0.1, 0.15) is 50.4 Å². The summed E-state index contributed by atoms with van der Waals surface area (Å²) in [5, 5.41) is 12.7. The van der Waals surface area contributed by atoms with Crippen molar-refractivity contribution in [2.75, 3.05) is 6.54 Å². The summed E-state index contributed by atoms with van der Waals surface area (Å²) in [7, 11) is 0. The van der Waals surface area contributed by atoms with E-state index in [0.717, 1.165) is 34.4 Å². The van der Waals surface area contributed by atoms with Gasteiger partial charge in [-0.3, -0.25) is 9.69 Å². The Labute approximate surface area is 175 Å². The summed E-state index contributed by atoms with van der Waals surface area (Å²) in [5.74, 6) is 0.687. The minimum atomic E-state index is -0.401. The summed E-state index contributed by atoms with van der Waals surface area (Å²) in [5.41, 5.74) is 3.11. The van der Waals surface area contributed by atoms with Gasteiger partial charge in [-0.2, -0.15) is 0 Å². The van der Waals surface area contributed by atoms with Gasteiger partial charge in [-0.25, -0.2) is 4.98 Å². The van der Waals surface area contributed by atoms with E-state index < -0.39 is 6.10 Å². The molecule has 1 unspecified atom stereocenters. The number of aliphatic hydroxyl groups excluding tert-OH is 1. The molecular weight excluding hydrogens is 382 g/mol. The van der Waals surface area contributed by atoms with Crippen LogP contribution in [0.4, 0.5) is 0 Å². The average molecular weight is 412 g/mol. The maximum absolute atomic E-state index is 13.0. The highest BCUT2D eigenvalue weighted by Crippen LogP contribution is 2.32. The molecule has 5 nitrogen and oxygen atoms in total. The highest BCUT2D eigenvalue weighted by Gasteiger charge is 2.24. The molecule has 1 fully saturated rings. The number of aromatic amines is 1. The molecule has 1 saturated carbocycles. The van der Waals surface area contributed by atoms with Gasteiger partial charge in [-0.1, -0.05) is 43.5 Å². The second-order valence-electron chi connectivity index (χ2n) is 8.23. The van der Waals surface area contributed by atoms with E-state index in [2.05, 4.69) is 28.9 Å². The first kappa shape index (κ1) is 20.3. The quantitative estimate of drug-likeness (QED) is 0.628. The number of aliphatic hydroxyl groups is 1. The van der Waals surface area contributed by atoms with Crippen LogP contribution in [0.5, 0.6) is 0 Å². The zero-order valence-electron chi connectivity index (χ0n) is 17.1. The van der Waals surface area contributed by atoms with Gasteiger partial charge < -0.3 is 10.1 Å². The third-order valence-electron chi connectivity index (χ3n) is 5.87. The summed E-state index contributed by atoms with van der Waals surface area (Å²) in [4.78, 5) is 23.9. The number of H-pyrrole nitrogens is 1. The number of aryl methyl sites for hydroxylation is 1.